The van der Waals surface area contributed by atoms with Gasteiger partial charge in [0.15, 0.2) is 0 Å². The molecule has 1 heterocycles. The number of hydrogen-bond acceptors (Lipinski definition) is 4. The van der Waals surface area contributed by atoms with Crippen LogP contribution >= 0.6 is 11.8 Å². The minimum Gasteiger partial charge on any atom is -0.384 e. The molecule has 1 N–H and O–H groups in total. The van der Waals surface area contributed by atoms with Crippen LogP contribution in [-0.4, -0.2) is 26.0 Å². The number of nitrogens with zero attached hydrogens (tertiary/aromatic N) is 1. The fourth-order valence-electron chi connectivity index (χ4n) is 2.19. The van der Waals surface area contributed by atoms with E-state index in [1.54, 1.807) is 11.8 Å². The molecular formula is C14H18N2OS. The van der Waals surface area contributed by atoms with E-state index in [1.807, 2.05) is 24.5 Å². The second-order valence-electron chi connectivity index (χ2n) is 4.46. The van der Waals surface area contributed by atoms with Gasteiger partial charge in [0.1, 0.15) is 6.07 Å². The number of nitriles is 1. The summed E-state index contributed by atoms with van der Waals surface area (Å²) in [5.74, 6) is 0.559. The number of anilines is 1. The Kier molecular flexibility index (Phi) is 4.91. The Labute approximate surface area is 113 Å². The zero-order valence-electron chi connectivity index (χ0n) is 10.6. The molecule has 96 valence electrons. The van der Waals surface area contributed by atoms with E-state index in [9.17, 15) is 5.26 Å². The molecule has 1 unspecified atom stereocenters. The number of rotatable bonds is 4. The van der Waals surface area contributed by atoms with Crippen LogP contribution in [0, 0.1) is 17.2 Å². The zero-order chi connectivity index (χ0) is 12.8. The van der Waals surface area contributed by atoms with Gasteiger partial charge in [-0.1, -0.05) is 6.07 Å². The number of ether oxygens (including phenoxy) is 1. The van der Waals surface area contributed by atoms with Crippen molar-refractivity contribution >= 4 is 17.4 Å². The van der Waals surface area contributed by atoms with Gasteiger partial charge in [-0.25, -0.2) is 0 Å². The predicted molar refractivity (Wildman–Crippen MR) is 75.0 cm³/mol. The topological polar surface area (TPSA) is 45.0 Å². The highest BCUT2D eigenvalue weighted by Gasteiger charge is 2.14. The molecule has 0 aromatic heterocycles. The Bertz CT molecular complexity index is 436. The third-order valence-electron chi connectivity index (χ3n) is 3.19. The maximum atomic E-state index is 9.24. The highest BCUT2D eigenvalue weighted by molar-refractivity contribution is 7.98. The smallest absolute Gasteiger partial charge is 0.102 e. The van der Waals surface area contributed by atoms with Gasteiger partial charge in [-0.3, -0.25) is 0 Å². The monoisotopic (exact) mass is 262 g/mol. The quantitative estimate of drug-likeness (QED) is 0.847. The largest absolute Gasteiger partial charge is 0.384 e. The molecule has 0 spiro atoms. The highest BCUT2D eigenvalue weighted by atomic mass is 32.2. The lowest BCUT2D eigenvalue weighted by Crippen LogP contribution is -2.24. The summed E-state index contributed by atoms with van der Waals surface area (Å²) in [6.45, 7) is 2.60. The number of benzene rings is 1. The summed E-state index contributed by atoms with van der Waals surface area (Å²) in [5.41, 5.74) is 1.69. The van der Waals surface area contributed by atoms with Crippen molar-refractivity contribution < 1.29 is 4.74 Å². The van der Waals surface area contributed by atoms with Gasteiger partial charge in [-0.2, -0.15) is 5.26 Å². The van der Waals surface area contributed by atoms with E-state index < -0.39 is 0 Å². The maximum absolute atomic E-state index is 9.24. The van der Waals surface area contributed by atoms with Gasteiger partial charge in [-0.05, 0) is 37.1 Å². The van der Waals surface area contributed by atoms with Gasteiger partial charge in [0.25, 0.3) is 0 Å². The molecule has 1 fully saturated rings. The van der Waals surface area contributed by atoms with Crippen molar-refractivity contribution in [1.82, 2.24) is 0 Å². The van der Waals surface area contributed by atoms with E-state index in [0.717, 1.165) is 42.3 Å². The van der Waals surface area contributed by atoms with Crippen LogP contribution in [0.1, 0.15) is 18.4 Å². The summed E-state index contributed by atoms with van der Waals surface area (Å²) in [6.07, 6.45) is 4.34. The molecule has 1 saturated heterocycles. The third kappa shape index (κ3) is 3.18. The van der Waals surface area contributed by atoms with Crippen LogP contribution in [0.5, 0.6) is 0 Å². The van der Waals surface area contributed by atoms with E-state index >= 15 is 0 Å². The van der Waals surface area contributed by atoms with Crippen molar-refractivity contribution in [2.75, 3.05) is 31.3 Å². The maximum Gasteiger partial charge on any atom is 0.102 e. The van der Waals surface area contributed by atoms with Crippen molar-refractivity contribution in [3.63, 3.8) is 0 Å². The average molecular weight is 262 g/mol. The molecule has 0 saturated carbocycles. The number of hydrogen-bond donors (Lipinski definition) is 1. The third-order valence-corrected chi connectivity index (χ3v) is 3.97. The summed E-state index contributed by atoms with van der Waals surface area (Å²) in [7, 11) is 0. The average Bonchev–Trinajstić information content (AvgIpc) is 2.45. The zero-order valence-corrected chi connectivity index (χ0v) is 11.4. The first kappa shape index (κ1) is 13.3. The molecule has 1 aliphatic heterocycles. The van der Waals surface area contributed by atoms with Crippen LogP contribution < -0.4 is 5.32 Å². The van der Waals surface area contributed by atoms with E-state index in [0.29, 0.717) is 5.92 Å². The van der Waals surface area contributed by atoms with Gasteiger partial charge in [-0.15, -0.1) is 11.8 Å². The van der Waals surface area contributed by atoms with Crippen molar-refractivity contribution in [2.24, 2.45) is 5.92 Å². The van der Waals surface area contributed by atoms with Crippen LogP contribution in [0.15, 0.2) is 23.1 Å². The van der Waals surface area contributed by atoms with Crippen molar-refractivity contribution in [3.8, 4) is 6.07 Å². The fourth-order valence-corrected chi connectivity index (χ4v) is 2.76. The van der Waals surface area contributed by atoms with E-state index in [2.05, 4.69) is 11.4 Å². The molecule has 18 heavy (non-hydrogen) atoms. The molecule has 4 heteroatoms. The van der Waals surface area contributed by atoms with Crippen LogP contribution in [0.25, 0.3) is 0 Å². The van der Waals surface area contributed by atoms with Crippen molar-refractivity contribution in [3.05, 3.63) is 23.8 Å². The molecule has 1 aliphatic rings. The molecule has 1 aromatic carbocycles. The Morgan fingerprint density at radius 3 is 3.11 bits per heavy atom. The van der Waals surface area contributed by atoms with E-state index in [1.165, 1.54) is 6.42 Å². The first-order chi connectivity index (χ1) is 8.85. The standard InChI is InChI=1S/C14H18N2OS/c1-18-14-6-2-5-13(12(14)8-15)16-9-11-4-3-7-17-10-11/h2,5-6,11,16H,3-4,7,9-10H2,1H3. The molecule has 0 bridgehead atoms. The van der Waals surface area contributed by atoms with Crippen LogP contribution in [0.2, 0.25) is 0 Å². The Balaban J connectivity index is 2.02. The Morgan fingerprint density at radius 1 is 1.56 bits per heavy atom. The van der Waals surface area contributed by atoms with Crippen molar-refractivity contribution in [1.29, 1.82) is 5.26 Å². The second-order valence-corrected chi connectivity index (χ2v) is 5.31. The lowest BCUT2D eigenvalue weighted by atomic mass is 10.0. The Morgan fingerprint density at radius 2 is 2.44 bits per heavy atom. The SMILES string of the molecule is CSc1cccc(NCC2CCCOC2)c1C#N. The van der Waals surface area contributed by atoms with E-state index in [4.69, 9.17) is 4.74 Å². The molecule has 0 amide bonds. The summed E-state index contributed by atoms with van der Waals surface area (Å²) in [4.78, 5) is 1.03. The normalized spacial score (nSPS) is 19.2. The Hall–Kier alpha value is -1.18. The lowest BCUT2D eigenvalue weighted by Gasteiger charge is -2.23. The molecule has 0 radical (unpaired) electrons. The van der Waals surface area contributed by atoms with Gasteiger partial charge in [0, 0.05) is 18.0 Å². The summed E-state index contributed by atoms with van der Waals surface area (Å²) >= 11 is 1.61. The highest BCUT2D eigenvalue weighted by Crippen LogP contribution is 2.26. The lowest BCUT2D eigenvalue weighted by molar-refractivity contribution is 0.0595. The summed E-state index contributed by atoms with van der Waals surface area (Å²) in [5, 5.41) is 12.6. The van der Waals surface area contributed by atoms with Gasteiger partial charge < -0.3 is 10.1 Å². The number of thioether (sulfide) groups is 1. The van der Waals surface area contributed by atoms with Gasteiger partial charge >= 0.3 is 0 Å². The molecule has 3 nitrogen and oxygen atoms in total. The van der Waals surface area contributed by atoms with E-state index in [-0.39, 0.29) is 0 Å². The van der Waals surface area contributed by atoms with Crippen LogP contribution in [0.3, 0.4) is 0 Å². The molecule has 1 aromatic rings. The van der Waals surface area contributed by atoms with Gasteiger partial charge in [0.05, 0.1) is 17.9 Å². The summed E-state index contributed by atoms with van der Waals surface area (Å²) in [6, 6.07) is 8.24. The molecule has 1 atom stereocenters. The predicted octanol–water partition coefficient (Wildman–Crippen LogP) is 3.12. The molecule has 2 rings (SSSR count). The van der Waals surface area contributed by atoms with Crippen molar-refractivity contribution in [2.45, 2.75) is 17.7 Å². The minimum absolute atomic E-state index is 0.559. The summed E-state index contributed by atoms with van der Waals surface area (Å²) < 4.78 is 5.46. The van der Waals surface area contributed by atoms with Crippen LogP contribution in [0.4, 0.5) is 5.69 Å². The van der Waals surface area contributed by atoms with Crippen LogP contribution in [-0.2, 0) is 4.74 Å². The molecular weight excluding hydrogens is 244 g/mol. The minimum atomic E-state index is 0.559. The fraction of sp³-hybridized carbons (Fsp3) is 0.500. The second kappa shape index (κ2) is 6.67. The number of nitrogens with one attached hydrogen (secondary N) is 1. The first-order valence-electron chi connectivity index (χ1n) is 6.24. The van der Waals surface area contributed by atoms with Gasteiger partial charge in [0.2, 0.25) is 0 Å². The first-order valence-corrected chi connectivity index (χ1v) is 7.46. The molecule has 0 aliphatic carbocycles.